The van der Waals surface area contributed by atoms with Gasteiger partial charge in [0.2, 0.25) is 5.91 Å². The van der Waals surface area contributed by atoms with Crippen LogP contribution in [0.3, 0.4) is 0 Å². The zero-order valence-corrected chi connectivity index (χ0v) is 17.2. The van der Waals surface area contributed by atoms with Crippen LogP contribution in [0.1, 0.15) is 43.4 Å². The van der Waals surface area contributed by atoms with Gasteiger partial charge in [-0.25, -0.2) is 14.4 Å². The minimum absolute atomic E-state index is 0.102. The summed E-state index contributed by atoms with van der Waals surface area (Å²) >= 11 is 0. The van der Waals surface area contributed by atoms with E-state index in [2.05, 4.69) is 18.7 Å². The smallest absolute Gasteiger partial charge is 0.219 e. The number of nitrogens with zero attached hydrogens (tertiary/aromatic N) is 4. The average molecular weight is 384 g/mol. The number of anilines is 1. The van der Waals surface area contributed by atoms with Gasteiger partial charge in [-0.15, -0.1) is 0 Å². The lowest BCUT2D eigenvalue weighted by Crippen LogP contribution is -2.48. The van der Waals surface area contributed by atoms with E-state index in [1.165, 1.54) is 6.07 Å². The highest BCUT2D eigenvalue weighted by Gasteiger charge is 2.24. The van der Waals surface area contributed by atoms with Crippen molar-refractivity contribution < 1.29 is 9.18 Å². The van der Waals surface area contributed by atoms with Gasteiger partial charge in [0.25, 0.3) is 0 Å². The Kier molecular flexibility index (Phi) is 6.27. The first-order chi connectivity index (χ1) is 13.3. The van der Waals surface area contributed by atoms with Crippen LogP contribution in [0.5, 0.6) is 0 Å². The number of rotatable bonds is 5. The number of carbonyl (C=O) groups is 1. The molecule has 0 atom stereocenters. The molecule has 1 aliphatic heterocycles. The van der Waals surface area contributed by atoms with Crippen LogP contribution in [0, 0.1) is 18.7 Å². The molecule has 1 fully saturated rings. The largest absolute Gasteiger partial charge is 0.353 e. The summed E-state index contributed by atoms with van der Waals surface area (Å²) in [7, 11) is 0. The molecule has 28 heavy (non-hydrogen) atoms. The second kappa shape index (κ2) is 8.67. The number of halogens is 1. The summed E-state index contributed by atoms with van der Waals surface area (Å²) in [6.45, 7) is 10.7. The Morgan fingerprint density at radius 2 is 1.82 bits per heavy atom. The van der Waals surface area contributed by atoms with Crippen molar-refractivity contribution in [3.8, 4) is 0 Å². The van der Waals surface area contributed by atoms with Gasteiger partial charge in [0.05, 0.1) is 0 Å². The zero-order valence-electron chi connectivity index (χ0n) is 17.2. The van der Waals surface area contributed by atoms with Crippen molar-refractivity contribution >= 4 is 11.7 Å². The van der Waals surface area contributed by atoms with Crippen LogP contribution >= 0.6 is 0 Å². The third kappa shape index (κ3) is 4.66. The molecule has 0 spiro atoms. The van der Waals surface area contributed by atoms with Crippen molar-refractivity contribution in [2.24, 2.45) is 5.92 Å². The number of piperazine rings is 1. The summed E-state index contributed by atoms with van der Waals surface area (Å²) in [4.78, 5) is 25.3. The maximum Gasteiger partial charge on any atom is 0.219 e. The number of aromatic nitrogens is 2. The first-order valence-corrected chi connectivity index (χ1v) is 9.95. The number of benzene rings is 1. The fourth-order valence-corrected chi connectivity index (χ4v) is 3.63. The Labute approximate surface area is 166 Å². The molecule has 0 unspecified atom stereocenters. The standard InChI is InChI=1S/C22H29FN4O/c1-15(2)13-21-24-16(3)19(14-18-7-5-6-8-20(18)23)22(25-21)27-11-9-26(10-12-27)17(4)28/h5-8,15H,9-14H2,1-4H3. The molecule has 0 aliphatic carbocycles. The van der Waals surface area contributed by atoms with E-state index in [0.29, 0.717) is 31.0 Å². The molecule has 1 saturated heterocycles. The summed E-state index contributed by atoms with van der Waals surface area (Å²) < 4.78 is 14.3. The van der Waals surface area contributed by atoms with Crippen molar-refractivity contribution in [2.45, 2.75) is 40.5 Å². The first kappa shape index (κ1) is 20.2. The topological polar surface area (TPSA) is 49.3 Å². The molecule has 5 nitrogen and oxygen atoms in total. The molecule has 2 heterocycles. The van der Waals surface area contributed by atoms with Gasteiger partial charge in [-0.1, -0.05) is 32.0 Å². The van der Waals surface area contributed by atoms with Crippen molar-refractivity contribution in [3.63, 3.8) is 0 Å². The zero-order chi connectivity index (χ0) is 20.3. The van der Waals surface area contributed by atoms with Gasteiger partial charge in [-0.3, -0.25) is 4.79 Å². The van der Waals surface area contributed by atoms with Crippen LogP contribution < -0.4 is 4.90 Å². The van der Waals surface area contributed by atoms with Gasteiger partial charge in [-0.05, 0) is 24.5 Å². The number of aryl methyl sites for hydroxylation is 1. The van der Waals surface area contributed by atoms with Crippen molar-refractivity contribution in [1.29, 1.82) is 0 Å². The molecule has 0 bridgehead atoms. The quantitative estimate of drug-likeness (QED) is 0.793. The molecule has 150 valence electrons. The summed E-state index contributed by atoms with van der Waals surface area (Å²) in [6, 6.07) is 6.86. The second-order valence-electron chi connectivity index (χ2n) is 7.89. The minimum atomic E-state index is -0.208. The van der Waals surface area contributed by atoms with Crippen molar-refractivity contribution in [3.05, 3.63) is 52.7 Å². The van der Waals surface area contributed by atoms with Crippen LogP contribution in [-0.2, 0) is 17.6 Å². The van der Waals surface area contributed by atoms with Gasteiger partial charge in [0.1, 0.15) is 17.5 Å². The molecule has 6 heteroatoms. The van der Waals surface area contributed by atoms with Crippen LogP contribution in [0.15, 0.2) is 24.3 Å². The number of hydrogen-bond acceptors (Lipinski definition) is 4. The fraction of sp³-hybridized carbons (Fsp3) is 0.500. The highest BCUT2D eigenvalue weighted by Crippen LogP contribution is 2.26. The van der Waals surface area contributed by atoms with Gasteiger partial charge in [0, 0.05) is 57.2 Å². The summed E-state index contributed by atoms with van der Waals surface area (Å²) in [5, 5.41) is 0. The maximum absolute atomic E-state index is 14.3. The monoisotopic (exact) mass is 384 g/mol. The molecule has 3 rings (SSSR count). The lowest BCUT2D eigenvalue weighted by Gasteiger charge is -2.36. The van der Waals surface area contributed by atoms with E-state index in [1.807, 2.05) is 24.0 Å². The van der Waals surface area contributed by atoms with E-state index >= 15 is 0 Å². The van der Waals surface area contributed by atoms with E-state index in [0.717, 1.165) is 42.4 Å². The Morgan fingerprint density at radius 3 is 2.43 bits per heavy atom. The lowest BCUT2D eigenvalue weighted by molar-refractivity contribution is -0.129. The van der Waals surface area contributed by atoms with Crippen LogP contribution in [0.2, 0.25) is 0 Å². The molecule has 2 aromatic rings. The van der Waals surface area contributed by atoms with Gasteiger partial charge in [0.15, 0.2) is 0 Å². The molecular weight excluding hydrogens is 355 g/mol. The second-order valence-corrected chi connectivity index (χ2v) is 7.89. The molecule has 0 radical (unpaired) electrons. The van der Waals surface area contributed by atoms with Crippen LogP contribution in [0.25, 0.3) is 0 Å². The summed E-state index contributed by atoms with van der Waals surface area (Å²) in [6.07, 6.45) is 1.27. The van der Waals surface area contributed by atoms with Gasteiger partial charge < -0.3 is 9.80 Å². The minimum Gasteiger partial charge on any atom is -0.353 e. The first-order valence-electron chi connectivity index (χ1n) is 9.95. The number of hydrogen-bond donors (Lipinski definition) is 0. The molecular formula is C22H29FN4O. The Hall–Kier alpha value is -2.50. The molecule has 1 aliphatic rings. The Balaban J connectivity index is 1.96. The molecule has 1 amide bonds. The fourth-order valence-electron chi connectivity index (χ4n) is 3.63. The van der Waals surface area contributed by atoms with Crippen LogP contribution in [0.4, 0.5) is 10.2 Å². The van der Waals surface area contributed by atoms with E-state index < -0.39 is 0 Å². The van der Waals surface area contributed by atoms with E-state index in [4.69, 9.17) is 9.97 Å². The lowest BCUT2D eigenvalue weighted by atomic mass is 10.0. The van der Waals surface area contributed by atoms with Crippen molar-refractivity contribution in [1.82, 2.24) is 14.9 Å². The van der Waals surface area contributed by atoms with Gasteiger partial charge in [-0.2, -0.15) is 0 Å². The predicted molar refractivity (Wildman–Crippen MR) is 109 cm³/mol. The van der Waals surface area contributed by atoms with E-state index in [9.17, 15) is 9.18 Å². The molecule has 1 aromatic heterocycles. The SMILES string of the molecule is CC(=O)N1CCN(c2nc(CC(C)C)nc(C)c2Cc2ccccc2F)CC1. The Morgan fingerprint density at radius 1 is 1.14 bits per heavy atom. The predicted octanol–water partition coefficient (Wildman–Crippen LogP) is 3.38. The average Bonchev–Trinajstić information content (AvgIpc) is 2.65. The third-order valence-electron chi connectivity index (χ3n) is 5.18. The van der Waals surface area contributed by atoms with E-state index in [1.54, 1.807) is 13.0 Å². The van der Waals surface area contributed by atoms with Gasteiger partial charge >= 0.3 is 0 Å². The number of amides is 1. The van der Waals surface area contributed by atoms with Crippen LogP contribution in [-0.4, -0.2) is 47.0 Å². The highest BCUT2D eigenvalue weighted by atomic mass is 19.1. The molecule has 1 aromatic carbocycles. The van der Waals surface area contributed by atoms with Crippen molar-refractivity contribution in [2.75, 3.05) is 31.1 Å². The highest BCUT2D eigenvalue weighted by molar-refractivity contribution is 5.73. The molecule has 0 saturated carbocycles. The van der Waals surface area contributed by atoms with E-state index in [-0.39, 0.29) is 11.7 Å². The summed E-state index contributed by atoms with van der Waals surface area (Å²) in [5.41, 5.74) is 2.52. The Bertz CT molecular complexity index is 844. The maximum atomic E-state index is 14.3. The molecule has 0 N–H and O–H groups in total. The normalized spacial score (nSPS) is 14.6. The summed E-state index contributed by atoms with van der Waals surface area (Å²) in [5.74, 6) is 2.06. The number of carbonyl (C=O) groups excluding carboxylic acids is 1. The third-order valence-corrected chi connectivity index (χ3v) is 5.18.